The molecule has 0 N–H and O–H groups in total. The topological polar surface area (TPSA) is 40.1 Å². The van der Waals surface area contributed by atoms with E-state index in [9.17, 15) is 0 Å². The van der Waals surface area contributed by atoms with Crippen molar-refractivity contribution in [3.63, 3.8) is 0 Å². The van der Waals surface area contributed by atoms with Crippen molar-refractivity contribution in [3.05, 3.63) is 12.7 Å². The Morgan fingerprint density at radius 1 is 1.86 bits per heavy atom. The van der Waals surface area contributed by atoms with Crippen molar-refractivity contribution < 1.29 is 9.90 Å². The van der Waals surface area contributed by atoms with Crippen LogP contribution in [-0.4, -0.2) is 5.97 Å². The van der Waals surface area contributed by atoms with Crippen LogP contribution in [0.25, 0.3) is 0 Å². The Hall–Kier alpha value is -0.0200. The number of halogens is 2. The van der Waals surface area contributed by atoms with E-state index >= 15 is 0 Å². The van der Waals surface area contributed by atoms with Gasteiger partial charge in [0.05, 0.1) is 5.97 Å². The molecule has 0 spiro atoms. The summed E-state index contributed by atoms with van der Waals surface area (Å²) in [6.45, 7) is 2.90. The summed E-state index contributed by atoms with van der Waals surface area (Å²) in [6.07, 6.45) is 0.722. The van der Waals surface area contributed by atoms with Crippen molar-refractivity contribution in [2.45, 2.75) is 0 Å². The van der Waals surface area contributed by atoms with Gasteiger partial charge in [0.2, 0.25) is 0 Å². The third-order valence-corrected chi connectivity index (χ3v) is 0.167. The molecular formula is C3H3BrClO2-. The average molecular weight is 186 g/mol. The molecule has 0 saturated carbocycles. The summed E-state index contributed by atoms with van der Waals surface area (Å²) in [5, 5.41) is 9.14. The van der Waals surface area contributed by atoms with Gasteiger partial charge in [0.1, 0.15) is 0 Å². The third kappa shape index (κ3) is 24.2. The average Bonchev–Trinajstić information content (AvgIpc) is 1.73. The van der Waals surface area contributed by atoms with Crippen LogP contribution in [0.1, 0.15) is 0 Å². The minimum absolute atomic E-state index is 0.722. The Morgan fingerprint density at radius 2 is 2.00 bits per heavy atom. The highest BCUT2D eigenvalue weighted by Gasteiger charge is 1.55. The zero-order valence-corrected chi connectivity index (χ0v) is 5.70. The summed E-state index contributed by atoms with van der Waals surface area (Å²) >= 11 is 2.41. The Morgan fingerprint density at radius 3 is 2.00 bits per heavy atom. The second-order valence-corrected chi connectivity index (χ2v) is 0.523. The predicted octanol–water partition coefficient (Wildman–Crippen LogP) is 0.457. The van der Waals surface area contributed by atoms with E-state index in [4.69, 9.17) is 9.90 Å². The van der Waals surface area contributed by atoms with Crippen LogP contribution in [0.5, 0.6) is 0 Å². The van der Waals surface area contributed by atoms with Crippen LogP contribution in [0.3, 0.4) is 0 Å². The number of rotatable bonds is 1. The highest BCUT2D eigenvalue weighted by Crippen LogP contribution is 1.77. The van der Waals surface area contributed by atoms with Crippen LogP contribution in [0, 0.1) is 0 Å². The van der Waals surface area contributed by atoms with E-state index in [-0.39, 0.29) is 0 Å². The lowest BCUT2D eigenvalue weighted by Gasteiger charge is -1.81. The Bertz CT molecular complexity index is 64.0. The van der Waals surface area contributed by atoms with Crippen molar-refractivity contribution in [2.24, 2.45) is 0 Å². The molecule has 0 aromatic carbocycles. The van der Waals surface area contributed by atoms with Crippen LogP contribution in [0.2, 0.25) is 0 Å². The smallest absolute Gasteiger partial charge is 0.0636 e. The monoisotopic (exact) mass is 185 g/mol. The third-order valence-electron chi connectivity index (χ3n) is 0.167. The molecule has 0 bridgehead atoms. The summed E-state index contributed by atoms with van der Waals surface area (Å²) in [6, 6.07) is 0. The van der Waals surface area contributed by atoms with Crippen molar-refractivity contribution in [2.75, 3.05) is 0 Å². The largest absolute Gasteiger partial charge is 0.545 e. The van der Waals surface area contributed by atoms with Crippen LogP contribution < -0.4 is 5.11 Å². The number of hydrogen-bond acceptors (Lipinski definition) is 2. The normalized spacial score (nSPS) is 5.43. The summed E-state index contributed by atoms with van der Waals surface area (Å²) < 4.78 is 0. The van der Waals surface area contributed by atoms with Crippen LogP contribution in [-0.2, 0) is 4.79 Å². The van der Waals surface area contributed by atoms with Gasteiger partial charge >= 0.3 is 0 Å². The van der Waals surface area contributed by atoms with Gasteiger partial charge in [0, 0.05) is 15.0 Å². The number of carboxylic acids is 1. The lowest BCUT2D eigenvalue weighted by Crippen LogP contribution is -2.17. The second-order valence-electron chi connectivity index (χ2n) is 0.523. The van der Waals surface area contributed by atoms with Crippen LogP contribution in [0.4, 0.5) is 0 Å². The van der Waals surface area contributed by atoms with Gasteiger partial charge in [-0.3, -0.25) is 0 Å². The fourth-order valence-corrected chi connectivity index (χ4v) is 0. The van der Waals surface area contributed by atoms with Gasteiger partial charge in [-0.1, -0.05) is 6.58 Å². The maximum atomic E-state index is 9.14. The molecule has 0 radical (unpaired) electrons. The van der Waals surface area contributed by atoms with E-state index in [2.05, 4.69) is 31.7 Å². The Kier molecular flexibility index (Phi) is 13.5. The quantitative estimate of drug-likeness (QED) is 0.558. The molecular weight excluding hydrogens is 183 g/mol. The van der Waals surface area contributed by atoms with Gasteiger partial charge in [-0.05, 0) is 16.2 Å². The maximum Gasteiger partial charge on any atom is 0.0636 e. The van der Waals surface area contributed by atoms with Gasteiger partial charge < -0.3 is 9.90 Å². The van der Waals surface area contributed by atoms with E-state index in [1.807, 2.05) is 0 Å². The van der Waals surface area contributed by atoms with Crippen molar-refractivity contribution >= 4 is 31.1 Å². The van der Waals surface area contributed by atoms with E-state index < -0.39 is 5.97 Å². The molecule has 0 rings (SSSR count). The summed E-state index contributed by atoms with van der Waals surface area (Å²) in [5.41, 5.74) is 0. The van der Waals surface area contributed by atoms with Crippen molar-refractivity contribution in [1.82, 2.24) is 0 Å². The first kappa shape index (κ1) is 10.1. The van der Waals surface area contributed by atoms with Crippen LogP contribution in [0.15, 0.2) is 12.7 Å². The molecule has 0 amide bonds. The standard InChI is InChI=1S/C3H4O2.BrCl/c1-2-3(4)5;1-2/h2H,1H2,(H,4,5);/p-1. The minimum atomic E-state index is -1.23. The zero-order chi connectivity index (χ0) is 6.28. The summed E-state index contributed by atoms with van der Waals surface area (Å²) in [4.78, 5) is 9.14. The molecule has 0 atom stereocenters. The molecule has 7 heavy (non-hydrogen) atoms. The first-order valence-corrected chi connectivity index (χ1v) is 3.33. The molecule has 4 heteroatoms. The van der Waals surface area contributed by atoms with Gasteiger partial charge in [0.25, 0.3) is 0 Å². The maximum absolute atomic E-state index is 9.14. The number of carbonyl (C=O) groups excluding carboxylic acids is 1. The molecule has 0 fully saturated rings. The van der Waals surface area contributed by atoms with Gasteiger partial charge in [-0.2, -0.15) is 0 Å². The number of aliphatic carboxylic acids is 1. The van der Waals surface area contributed by atoms with E-state index in [0.29, 0.717) is 0 Å². The predicted molar refractivity (Wildman–Crippen MR) is 30.0 cm³/mol. The van der Waals surface area contributed by atoms with Crippen LogP contribution >= 0.6 is 25.1 Å². The molecule has 0 aromatic rings. The molecule has 0 aliphatic rings. The first-order chi connectivity index (χ1) is 3.27. The number of carboxylic acid groups (broad SMARTS) is 1. The number of hydrogen-bond donors (Lipinski definition) is 0. The van der Waals surface area contributed by atoms with E-state index in [1.54, 1.807) is 0 Å². The lowest BCUT2D eigenvalue weighted by molar-refractivity contribution is -0.297. The highest BCUT2D eigenvalue weighted by atomic mass is 79.9. The summed E-state index contributed by atoms with van der Waals surface area (Å²) in [7, 11) is 4.45. The molecule has 2 nitrogen and oxygen atoms in total. The molecule has 0 aliphatic heterocycles. The Labute approximate surface area is 54.1 Å². The SMILES string of the molecule is C=CC(=O)[O-].ClBr. The lowest BCUT2D eigenvalue weighted by atomic mass is 10.7. The van der Waals surface area contributed by atoms with Gasteiger partial charge in [-0.25, -0.2) is 0 Å². The minimum Gasteiger partial charge on any atom is -0.545 e. The van der Waals surface area contributed by atoms with Gasteiger partial charge in [-0.15, -0.1) is 0 Å². The van der Waals surface area contributed by atoms with E-state index in [0.717, 1.165) is 6.08 Å². The van der Waals surface area contributed by atoms with Gasteiger partial charge in [0.15, 0.2) is 0 Å². The second kappa shape index (κ2) is 9.36. The van der Waals surface area contributed by atoms with Crippen molar-refractivity contribution in [3.8, 4) is 0 Å². The fraction of sp³-hybridized carbons (Fsp3) is 0. The number of carbonyl (C=O) groups is 1. The zero-order valence-electron chi connectivity index (χ0n) is 3.36. The molecule has 42 valence electrons. The Balaban J connectivity index is 0. The first-order valence-electron chi connectivity index (χ1n) is 1.25. The fourth-order valence-electron chi connectivity index (χ4n) is 0. The van der Waals surface area contributed by atoms with Crippen molar-refractivity contribution in [1.29, 1.82) is 0 Å². The molecule has 0 aromatic heterocycles. The summed E-state index contributed by atoms with van der Waals surface area (Å²) in [5.74, 6) is -1.23. The highest BCUT2D eigenvalue weighted by molar-refractivity contribution is 9.22. The molecule has 0 aliphatic carbocycles. The molecule has 0 heterocycles. The molecule has 0 saturated heterocycles. The molecule has 0 unspecified atom stereocenters. The van der Waals surface area contributed by atoms with E-state index in [1.165, 1.54) is 0 Å².